The van der Waals surface area contributed by atoms with Crippen LogP contribution in [0.15, 0.2) is 17.6 Å². The van der Waals surface area contributed by atoms with Crippen molar-refractivity contribution < 1.29 is 8.42 Å². The van der Waals surface area contributed by atoms with Gasteiger partial charge in [0.25, 0.3) is 0 Å². The Morgan fingerprint density at radius 3 is 2.68 bits per heavy atom. The summed E-state index contributed by atoms with van der Waals surface area (Å²) in [7, 11) is 0.993. The van der Waals surface area contributed by atoms with E-state index >= 15 is 0 Å². The SMILES string of the molecule is C=CCCCCCN(C)C(=NC)NCC1CCS(=O)(=O)C1.I. The highest BCUT2D eigenvalue weighted by Crippen LogP contribution is 2.17. The van der Waals surface area contributed by atoms with Gasteiger partial charge < -0.3 is 10.2 Å². The standard InChI is InChI=1S/C15H29N3O2S.HI/c1-4-5-6-7-8-10-18(3)15(16-2)17-12-14-9-11-21(19,20)13-14;/h4,14H,1,5-13H2,2-3H3,(H,16,17);1H. The summed E-state index contributed by atoms with van der Waals surface area (Å²) in [6, 6.07) is 0. The summed E-state index contributed by atoms with van der Waals surface area (Å²) in [6.07, 6.45) is 7.30. The molecule has 7 heteroatoms. The molecule has 0 spiro atoms. The van der Waals surface area contributed by atoms with Crippen molar-refractivity contribution in [1.82, 2.24) is 10.2 Å². The molecule has 130 valence electrons. The van der Waals surface area contributed by atoms with Crippen LogP contribution >= 0.6 is 24.0 Å². The Balaban J connectivity index is 0.00000441. The predicted molar refractivity (Wildman–Crippen MR) is 105 cm³/mol. The molecule has 0 saturated carbocycles. The predicted octanol–water partition coefficient (Wildman–Crippen LogP) is 2.29. The lowest BCUT2D eigenvalue weighted by atomic mass is 10.1. The number of nitrogens with one attached hydrogen (secondary N) is 1. The number of unbranched alkanes of at least 4 members (excludes halogenated alkanes) is 3. The monoisotopic (exact) mass is 443 g/mol. The Hall–Kier alpha value is -0.310. The van der Waals surface area contributed by atoms with Gasteiger partial charge in [0, 0.05) is 27.2 Å². The van der Waals surface area contributed by atoms with Crippen LogP contribution in [0.4, 0.5) is 0 Å². The van der Waals surface area contributed by atoms with E-state index in [0.29, 0.717) is 18.1 Å². The number of hydrogen-bond acceptors (Lipinski definition) is 3. The van der Waals surface area contributed by atoms with Crippen molar-refractivity contribution in [2.45, 2.75) is 32.1 Å². The molecule has 0 amide bonds. The first-order chi connectivity index (χ1) is 9.98. The zero-order valence-corrected chi connectivity index (χ0v) is 16.9. The maximum Gasteiger partial charge on any atom is 0.193 e. The lowest BCUT2D eigenvalue weighted by molar-refractivity contribution is 0.446. The number of hydrogen-bond donors (Lipinski definition) is 1. The Labute approximate surface area is 152 Å². The van der Waals surface area contributed by atoms with Gasteiger partial charge in [-0.15, -0.1) is 30.6 Å². The minimum atomic E-state index is -2.79. The van der Waals surface area contributed by atoms with Crippen molar-refractivity contribution in [1.29, 1.82) is 0 Å². The van der Waals surface area contributed by atoms with E-state index in [-0.39, 0.29) is 29.9 Å². The fraction of sp³-hybridized carbons (Fsp3) is 0.800. The first-order valence-corrected chi connectivity index (χ1v) is 9.53. The third-order valence-corrected chi connectivity index (χ3v) is 5.69. The molecular weight excluding hydrogens is 413 g/mol. The minimum absolute atomic E-state index is 0. The van der Waals surface area contributed by atoms with Gasteiger partial charge in [-0.1, -0.05) is 12.5 Å². The second-order valence-corrected chi connectivity index (χ2v) is 7.99. The highest BCUT2D eigenvalue weighted by Gasteiger charge is 2.27. The number of halogens is 1. The molecule has 1 rings (SSSR count). The lowest BCUT2D eigenvalue weighted by Crippen LogP contribution is -2.41. The van der Waals surface area contributed by atoms with Gasteiger partial charge in [0.2, 0.25) is 0 Å². The van der Waals surface area contributed by atoms with Crippen LogP contribution in [-0.4, -0.2) is 58.0 Å². The van der Waals surface area contributed by atoms with Crippen molar-refractivity contribution in [3.8, 4) is 0 Å². The van der Waals surface area contributed by atoms with Crippen LogP contribution in [0.5, 0.6) is 0 Å². The van der Waals surface area contributed by atoms with Crippen molar-refractivity contribution in [3.05, 3.63) is 12.7 Å². The van der Waals surface area contributed by atoms with Crippen LogP contribution in [0.1, 0.15) is 32.1 Å². The first kappa shape index (κ1) is 21.7. The van der Waals surface area contributed by atoms with Gasteiger partial charge in [0.1, 0.15) is 0 Å². The average molecular weight is 443 g/mol. The van der Waals surface area contributed by atoms with Gasteiger partial charge in [-0.05, 0) is 31.6 Å². The zero-order valence-electron chi connectivity index (χ0n) is 13.8. The Bertz CT molecular complexity index is 452. The quantitative estimate of drug-likeness (QED) is 0.206. The van der Waals surface area contributed by atoms with E-state index in [2.05, 4.69) is 21.8 Å². The maximum atomic E-state index is 11.4. The molecule has 22 heavy (non-hydrogen) atoms. The molecule has 5 nitrogen and oxygen atoms in total. The van der Waals surface area contributed by atoms with Gasteiger partial charge in [-0.3, -0.25) is 4.99 Å². The number of nitrogens with zero attached hydrogens (tertiary/aromatic N) is 2. The Kier molecular flexibility index (Phi) is 11.1. The normalized spacial score (nSPS) is 20.3. The molecule has 1 saturated heterocycles. The average Bonchev–Trinajstić information content (AvgIpc) is 2.78. The Morgan fingerprint density at radius 1 is 1.41 bits per heavy atom. The number of allylic oxidation sites excluding steroid dienone is 1. The van der Waals surface area contributed by atoms with E-state index in [4.69, 9.17) is 0 Å². The zero-order chi connectivity index (χ0) is 15.7. The number of rotatable bonds is 8. The molecule has 1 atom stereocenters. The van der Waals surface area contributed by atoms with Gasteiger partial charge in [-0.2, -0.15) is 0 Å². The fourth-order valence-electron chi connectivity index (χ4n) is 2.57. The highest BCUT2D eigenvalue weighted by atomic mass is 127. The molecule has 1 N–H and O–H groups in total. The van der Waals surface area contributed by atoms with E-state index in [1.165, 1.54) is 12.8 Å². The van der Waals surface area contributed by atoms with E-state index in [1.54, 1.807) is 7.05 Å². The molecule has 1 aliphatic heterocycles. The van der Waals surface area contributed by atoms with Crippen LogP contribution in [0.2, 0.25) is 0 Å². The maximum absolute atomic E-state index is 11.4. The lowest BCUT2D eigenvalue weighted by Gasteiger charge is -2.23. The van der Waals surface area contributed by atoms with E-state index in [9.17, 15) is 8.42 Å². The van der Waals surface area contributed by atoms with Crippen molar-refractivity contribution >= 4 is 39.8 Å². The molecule has 0 radical (unpaired) electrons. The van der Waals surface area contributed by atoms with Crippen molar-refractivity contribution in [2.24, 2.45) is 10.9 Å². The summed E-state index contributed by atoms with van der Waals surface area (Å²) in [6.45, 7) is 5.37. The number of aliphatic imine (C=N–C) groups is 1. The van der Waals surface area contributed by atoms with Gasteiger partial charge >= 0.3 is 0 Å². The number of sulfone groups is 1. The summed E-state index contributed by atoms with van der Waals surface area (Å²) < 4.78 is 22.9. The largest absolute Gasteiger partial charge is 0.356 e. The highest BCUT2D eigenvalue weighted by molar-refractivity contribution is 14.0. The van der Waals surface area contributed by atoms with E-state index in [0.717, 1.165) is 31.8 Å². The van der Waals surface area contributed by atoms with E-state index in [1.807, 2.05) is 13.1 Å². The summed E-state index contributed by atoms with van der Waals surface area (Å²) in [5.41, 5.74) is 0. The van der Waals surface area contributed by atoms with Gasteiger partial charge in [-0.25, -0.2) is 8.42 Å². The molecule has 0 aliphatic carbocycles. The van der Waals surface area contributed by atoms with Crippen LogP contribution in [0.25, 0.3) is 0 Å². The van der Waals surface area contributed by atoms with Crippen LogP contribution in [0.3, 0.4) is 0 Å². The molecule has 1 heterocycles. The van der Waals surface area contributed by atoms with Gasteiger partial charge in [0.05, 0.1) is 11.5 Å². The minimum Gasteiger partial charge on any atom is -0.356 e. The molecular formula is C15H30IN3O2S. The van der Waals surface area contributed by atoms with Crippen LogP contribution < -0.4 is 5.32 Å². The molecule has 1 fully saturated rings. The van der Waals surface area contributed by atoms with Crippen LogP contribution in [0, 0.1) is 5.92 Å². The molecule has 0 aromatic carbocycles. The summed E-state index contributed by atoms with van der Waals surface area (Å²) in [4.78, 5) is 6.37. The smallest absolute Gasteiger partial charge is 0.193 e. The molecule has 1 unspecified atom stereocenters. The van der Waals surface area contributed by atoms with E-state index < -0.39 is 9.84 Å². The fourth-order valence-corrected chi connectivity index (χ4v) is 4.44. The third kappa shape index (κ3) is 8.36. The van der Waals surface area contributed by atoms with Crippen molar-refractivity contribution in [2.75, 3.05) is 38.7 Å². The summed E-state index contributed by atoms with van der Waals surface area (Å²) in [5.74, 6) is 1.70. The topological polar surface area (TPSA) is 61.8 Å². The number of guanidine groups is 1. The second-order valence-electron chi connectivity index (χ2n) is 5.76. The van der Waals surface area contributed by atoms with Crippen LogP contribution in [-0.2, 0) is 9.84 Å². The summed E-state index contributed by atoms with van der Waals surface area (Å²) >= 11 is 0. The van der Waals surface area contributed by atoms with Gasteiger partial charge in [0.15, 0.2) is 15.8 Å². The Morgan fingerprint density at radius 2 is 2.14 bits per heavy atom. The first-order valence-electron chi connectivity index (χ1n) is 7.71. The third-order valence-electron chi connectivity index (χ3n) is 3.85. The molecule has 1 aliphatic rings. The molecule has 0 bridgehead atoms. The summed E-state index contributed by atoms with van der Waals surface area (Å²) in [5, 5.41) is 3.30. The molecule has 0 aromatic heterocycles. The second kappa shape index (κ2) is 11.3. The molecule has 0 aromatic rings. The van der Waals surface area contributed by atoms with Crippen molar-refractivity contribution in [3.63, 3.8) is 0 Å².